The summed E-state index contributed by atoms with van der Waals surface area (Å²) in [4.78, 5) is 20.8. The van der Waals surface area contributed by atoms with Gasteiger partial charge >= 0.3 is 5.97 Å². The molecule has 0 fully saturated rings. The number of aliphatic carboxylic acids is 1. The molecule has 25 heavy (non-hydrogen) atoms. The second kappa shape index (κ2) is 7.31. The van der Waals surface area contributed by atoms with E-state index in [0.29, 0.717) is 16.7 Å². The standard InChI is InChI=1S/C11H8O3.C9H6O2/c12-10(13)5-4-8-2-1-3-9-6-7-14-11(8)9;10-6-8-3-1-2-7-4-5-11-9(7)8/h1-7H,(H,12,13);1-6H/b5-4+;. The third kappa shape index (κ3) is 3.67. The summed E-state index contributed by atoms with van der Waals surface area (Å²) in [6, 6.07) is 14.7. The minimum atomic E-state index is -0.964. The summed E-state index contributed by atoms with van der Waals surface area (Å²) in [6.45, 7) is 0. The normalized spacial score (nSPS) is 10.7. The highest BCUT2D eigenvalue weighted by atomic mass is 16.4. The molecule has 0 spiro atoms. The number of aldehydes is 1. The molecule has 2 aromatic heterocycles. The van der Waals surface area contributed by atoms with Crippen LogP contribution >= 0.6 is 0 Å². The van der Waals surface area contributed by atoms with Gasteiger partial charge in [0, 0.05) is 22.4 Å². The molecule has 2 heterocycles. The first-order valence-electron chi connectivity index (χ1n) is 7.47. The first kappa shape index (κ1) is 16.3. The number of benzene rings is 2. The van der Waals surface area contributed by atoms with Crippen molar-refractivity contribution in [3.8, 4) is 0 Å². The van der Waals surface area contributed by atoms with Gasteiger partial charge < -0.3 is 13.9 Å². The molecule has 0 radical (unpaired) electrons. The minimum absolute atomic E-state index is 0.604. The Morgan fingerprint density at radius 3 is 1.96 bits per heavy atom. The van der Waals surface area contributed by atoms with E-state index in [1.807, 2.05) is 42.5 Å². The van der Waals surface area contributed by atoms with Gasteiger partial charge in [-0.15, -0.1) is 0 Å². The molecule has 0 aliphatic heterocycles. The number of carboxylic acids is 1. The van der Waals surface area contributed by atoms with Gasteiger partial charge in [-0.25, -0.2) is 4.79 Å². The van der Waals surface area contributed by atoms with Crippen LogP contribution in [0.25, 0.3) is 28.0 Å². The van der Waals surface area contributed by atoms with Crippen molar-refractivity contribution in [3.63, 3.8) is 0 Å². The van der Waals surface area contributed by atoms with Crippen LogP contribution in [0.4, 0.5) is 0 Å². The Morgan fingerprint density at radius 2 is 1.40 bits per heavy atom. The Kier molecular flexibility index (Phi) is 4.76. The minimum Gasteiger partial charge on any atom is -0.478 e. The summed E-state index contributed by atoms with van der Waals surface area (Å²) in [5.74, 6) is -0.964. The molecule has 2 aromatic carbocycles. The van der Waals surface area contributed by atoms with Gasteiger partial charge in [-0.3, -0.25) is 4.79 Å². The summed E-state index contributed by atoms with van der Waals surface area (Å²) in [5, 5.41) is 10.4. The number of hydrogen-bond donors (Lipinski definition) is 1. The van der Waals surface area contributed by atoms with Crippen LogP contribution in [0.15, 0.2) is 76.0 Å². The number of carboxylic acid groups (broad SMARTS) is 1. The number of fused-ring (bicyclic) bond motifs is 2. The molecule has 0 saturated heterocycles. The smallest absolute Gasteiger partial charge is 0.328 e. The molecule has 0 saturated carbocycles. The largest absolute Gasteiger partial charge is 0.478 e. The first-order chi connectivity index (χ1) is 12.2. The van der Waals surface area contributed by atoms with E-state index in [1.165, 1.54) is 6.08 Å². The predicted molar refractivity (Wildman–Crippen MR) is 94.5 cm³/mol. The van der Waals surface area contributed by atoms with Gasteiger partial charge in [0.25, 0.3) is 0 Å². The average molecular weight is 334 g/mol. The molecule has 0 aliphatic carbocycles. The highest BCUT2D eigenvalue weighted by Gasteiger charge is 2.01. The maximum absolute atomic E-state index is 10.5. The fraction of sp³-hybridized carbons (Fsp3) is 0. The Bertz CT molecular complexity index is 1050. The van der Waals surface area contributed by atoms with Crippen molar-refractivity contribution in [2.24, 2.45) is 0 Å². The van der Waals surface area contributed by atoms with Crippen LogP contribution in [-0.2, 0) is 4.79 Å². The van der Waals surface area contributed by atoms with Crippen molar-refractivity contribution in [3.05, 3.63) is 78.3 Å². The second-order valence-electron chi connectivity index (χ2n) is 5.16. The molecule has 4 aromatic rings. The van der Waals surface area contributed by atoms with E-state index in [2.05, 4.69) is 0 Å². The second-order valence-corrected chi connectivity index (χ2v) is 5.16. The molecule has 5 nitrogen and oxygen atoms in total. The Hall–Kier alpha value is -3.60. The number of hydrogen-bond acceptors (Lipinski definition) is 4. The number of carbonyl (C=O) groups excluding carboxylic acids is 1. The summed E-state index contributed by atoms with van der Waals surface area (Å²) in [7, 11) is 0. The average Bonchev–Trinajstić information content (AvgIpc) is 3.29. The van der Waals surface area contributed by atoms with E-state index >= 15 is 0 Å². The highest BCUT2D eigenvalue weighted by Crippen LogP contribution is 2.20. The molecule has 1 N–H and O–H groups in total. The van der Waals surface area contributed by atoms with E-state index in [4.69, 9.17) is 13.9 Å². The topological polar surface area (TPSA) is 80.6 Å². The maximum Gasteiger partial charge on any atom is 0.328 e. The Labute approximate surface area is 142 Å². The third-order valence-electron chi connectivity index (χ3n) is 3.55. The van der Waals surface area contributed by atoms with Gasteiger partial charge in [0.1, 0.15) is 11.2 Å². The van der Waals surface area contributed by atoms with E-state index in [0.717, 1.165) is 28.7 Å². The SMILES string of the molecule is O=C(O)/C=C/c1cccc2ccoc12.O=Cc1cccc2ccoc12. The van der Waals surface area contributed by atoms with Crippen molar-refractivity contribution in [2.75, 3.05) is 0 Å². The zero-order valence-electron chi connectivity index (χ0n) is 13.1. The van der Waals surface area contributed by atoms with Crippen molar-refractivity contribution >= 4 is 40.3 Å². The monoisotopic (exact) mass is 334 g/mol. The molecule has 0 unspecified atom stereocenters. The lowest BCUT2D eigenvalue weighted by molar-refractivity contribution is -0.131. The van der Waals surface area contributed by atoms with Crippen molar-refractivity contribution in [1.29, 1.82) is 0 Å². The van der Waals surface area contributed by atoms with Crippen LogP contribution in [-0.4, -0.2) is 17.4 Å². The van der Waals surface area contributed by atoms with Crippen LogP contribution in [0, 0.1) is 0 Å². The Morgan fingerprint density at radius 1 is 0.840 bits per heavy atom. The van der Waals surface area contributed by atoms with E-state index in [9.17, 15) is 9.59 Å². The molecular formula is C20H14O5. The number of para-hydroxylation sites is 2. The van der Waals surface area contributed by atoms with Gasteiger partial charge in [-0.1, -0.05) is 30.3 Å². The molecule has 0 bridgehead atoms. The number of carbonyl (C=O) groups is 2. The van der Waals surface area contributed by atoms with Gasteiger partial charge in [0.05, 0.1) is 18.1 Å². The fourth-order valence-corrected chi connectivity index (χ4v) is 2.42. The van der Waals surface area contributed by atoms with Crippen LogP contribution < -0.4 is 0 Å². The third-order valence-corrected chi connectivity index (χ3v) is 3.55. The van der Waals surface area contributed by atoms with E-state index < -0.39 is 5.97 Å². The lowest BCUT2D eigenvalue weighted by atomic mass is 10.1. The Balaban J connectivity index is 0.000000150. The van der Waals surface area contributed by atoms with Crippen molar-refractivity contribution in [1.82, 2.24) is 0 Å². The zero-order valence-corrected chi connectivity index (χ0v) is 13.1. The number of rotatable bonds is 3. The van der Waals surface area contributed by atoms with Crippen LogP contribution in [0.1, 0.15) is 15.9 Å². The summed E-state index contributed by atoms with van der Waals surface area (Å²) in [5.41, 5.74) is 2.76. The molecule has 0 atom stereocenters. The lowest BCUT2D eigenvalue weighted by Crippen LogP contribution is -1.85. The van der Waals surface area contributed by atoms with E-state index in [1.54, 1.807) is 18.6 Å². The fourth-order valence-electron chi connectivity index (χ4n) is 2.42. The quantitative estimate of drug-likeness (QED) is 0.431. The number of furan rings is 2. The van der Waals surface area contributed by atoms with Gasteiger partial charge in [0.2, 0.25) is 0 Å². The van der Waals surface area contributed by atoms with E-state index in [-0.39, 0.29) is 0 Å². The van der Waals surface area contributed by atoms with Gasteiger partial charge in [-0.05, 0) is 24.3 Å². The van der Waals surface area contributed by atoms with Gasteiger partial charge in [-0.2, -0.15) is 0 Å². The predicted octanol–water partition coefficient (Wildman–Crippen LogP) is 4.78. The molecule has 4 rings (SSSR count). The first-order valence-corrected chi connectivity index (χ1v) is 7.47. The molecular weight excluding hydrogens is 320 g/mol. The van der Waals surface area contributed by atoms with Crippen molar-refractivity contribution in [2.45, 2.75) is 0 Å². The van der Waals surface area contributed by atoms with Crippen molar-refractivity contribution < 1.29 is 23.5 Å². The van der Waals surface area contributed by atoms with Crippen LogP contribution in [0.2, 0.25) is 0 Å². The summed E-state index contributed by atoms with van der Waals surface area (Å²) in [6.07, 6.45) is 6.58. The highest BCUT2D eigenvalue weighted by molar-refractivity contribution is 5.94. The summed E-state index contributed by atoms with van der Waals surface area (Å²) >= 11 is 0. The molecule has 0 amide bonds. The van der Waals surface area contributed by atoms with Gasteiger partial charge in [0.15, 0.2) is 6.29 Å². The molecule has 124 valence electrons. The maximum atomic E-state index is 10.5. The molecule has 5 heteroatoms. The molecule has 0 aliphatic rings. The van der Waals surface area contributed by atoms with Crippen LogP contribution in [0.3, 0.4) is 0 Å². The lowest BCUT2D eigenvalue weighted by Gasteiger charge is -1.93. The van der Waals surface area contributed by atoms with Crippen LogP contribution in [0.5, 0.6) is 0 Å². The summed E-state index contributed by atoms with van der Waals surface area (Å²) < 4.78 is 10.3. The zero-order chi connectivity index (χ0) is 17.6.